The van der Waals surface area contributed by atoms with Gasteiger partial charge in [-0.1, -0.05) is 0 Å². The van der Waals surface area contributed by atoms with Crippen molar-refractivity contribution < 1.29 is 18.7 Å². The summed E-state index contributed by atoms with van der Waals surface area (Å²) in [6, 6.07) is 6.11. The summed E-state index contributed by atoms with van der Waals surface area (Å²) < 4.78 is 18.8. The van der Waals surface area contributed by atoms with Gasteiger partial charge in [-0.05, 0) is 36.6 Å². The second-order valence-electron chi connectivity index (χ2n) is 4.57. The third kappa shape index (κ3) is 3.78. The van der Waals surface area contributed by atoms with Crippen molar-refractivity contribution >= 4 is 33.3 Å². The van der Waals surface area contributed by atoms with Crippen molar-refractivity contribution in [1.82, 2.24) is 4.90 Å². The summed E-state index contributed by atoms with van der Waals surface area (Å²) in [5, 5.41) is 0.710. The molecule has 0 spiro atoms. The molecule has 0 atom stereocenters. The van der Waals surface area contributed by atoms with Gasteiger partial charge in [0.05, 0.1) is 17.9 Å². The van der Waals surface area contributed by atoms with E-state index in [0.29, 0.717) is 23.4 Å². The lowest BCUT2D eigenvalue weighted by Gasteiger charge is -2.15. The number of carbonyl (C=O) groups excluding carboxylic acids is 2. The molecule has 0 N–H and O–H groups in total. The quantitative estimate of drug-likeness (QED) is 0.798. The first-order valence-corrected chi connectivity index (χ1v) is 7.43. The minimum atomic E-state index is -0.324. The van der Waals surface area contributed by atoms with Gasteiger partial charge in [-0.3, -0.25) is 9.59 Å². The van der Waals surface area contributed by atoms with Crippen LogP contribution in [0.4, 0.5) is 4.39 Å². The monoisotopic (exact) mass is 309 g/mol. The average molecular weight is 309 g/mol. The van der Waals surface area contributed by atoms with E-state index in [1.807, 2.05) is 0 Å². The average Bonchev–Trinajstić information content (AvgIpc) is 2.87. The van der Waals surface area contributed by atoms with Crippen molar-refractivity contribution in [3.8, 4) is 0 Å². The molecule has 2 rings (SSSR count). The summed E-state index contributed by atoms with van der Waals surface area (Å²) in [6.07, 6.45) is 0.162. The maximum absolute atomic E-state index is 13.1. The van der Waals surface area contributed by atoms with E-state index in [9.17, 15) is 14.0 Å². The molecule has 6 heteroatoms. The molecule has 0 aliphatic carbocycles. The van der Waals surface area contributed by atoms with Crippen LogP contribution < -0.4 is 0 Å². The molecule has 1 amide bonds. The summed E-state index contributed by atoms with van der Waals surface area (Å²) in [7, 11) is 1.63. The van der Waals surface area contributed by atoms with Crippen LogP contribution in [0, 0.1) is 5.82 Å². The van der Waals surface area contributed by atoms with Gasteiger partial charge < -0.3 is 9.64 Å². The SMILES string of the molecule is CCOC(=O)CCN(C)C(=O)c1cc2cc(F)ccc2s1. The fourth-order valence-corrected chi connectivity index (χ4v) is 2.94. The molecule has 1 aromatic carbocycles. The Hall–Kier alpha value is -1.95. The number of benzene rings is 1. The number of esters is 1. The second-order valence-corrected chi connectivity index (χ2v) is 5.66. The highest BCUT2D eigenvalue weighted by molar-refractivity contribution is 7.20. The largest absolute Gasteiger partial charge is 0.466 e. The van der Waals surface area contributed by atoms with E-state index in [1.54, 1.807) is 26.1 Å². The number of halogens is 1. The highest BCUT2D eigenvalue weighted by Crippen LogP contribution is 2.27. The number of rotatable bonds is 5. The summed E-state index contributed by atoms with van der Waals surface area (Å²) in [6.45, 7) is 2.36. The normalized spacial score (nSPS) is 10.6. The first kappa shape index (κ1) is 15.4. The minimum absolute atomic E-state index is 0.162. The van der Waals surface area contributed by atoms with Crippen LogP contribution in [-0.4, -0.2) is 37.0 Å². The summed E-state index contributed by atoms with van der Waals surface area (Å²) >= 11 is 1.31. The van der Waals surface area contributed by atoms with Crippen molar-refractivity contribution in [2.75, 3.05) is 20.2 Å². The molecular weight excluding hydrogens is 293 g/mol. The predicted molar refractivity (Wildman–Crippen MR) is 80.0 cm³/mol. The standard InChI is InChI=1S/C15H16FNO3S/c1-3-20-14(18)6-7-17(2)15(19)13-9-10-8-11(16)4-5-12(10)21-13/h4-5,8-9H,3,6-7H2,1-2H3. The molecule has 0 bridgehead atoms. The second kappa shape index (κ2) is 6.67. The van der Waals surface area contributed by atoms with Crippen molar-refractivity contribution in [2.45, 2.75) is 13.3 Å². The number of hydrogen-bond acceptors (Lipinski definition) is 4. The predicted octanol–water partition coefficient (Wildman–Crippen LogP) is 3.07. The highest BCUT2D eigenvalue weighted by Gasteiger charge is 2.16. The van der Waals surface area contributed by atoms with Crippen molar-refractivity contribution in [1.29, 1.82) is 0 Å². The van der Waals surface area contributed by atoms with Crippen LogP contribution >= 0.6 is 11.3 Å². The van der Waals surface area contributed by atoms with Gasteiger partial charge in [0, 0.05) is 18.3 Å². The van der Waals surface area contributed by atoms with Crippen molar-refractivity contribution in [3.63, 3.8) is 0 Å². The molecule has 1 heterocycles. The van der Waals surface area contributed by atoms with Gasteiger partial charge in [-0.2, -0.15) is 0 Å². The summed E-state index contributed by atoms with van der Waals surface area (Å²) in [5.74, 6) is -0.827. The number of thiophene rings is 1. The van der Waals surface area contributed by atoms with Gasteiger partial charge in [0.15, 0.2) is 0 Å². The van der Waals surface area contributed by atoms with Gasteiger partial charge in [-0.15, -0.1) is 11.3 Å². The van der Waals surface area contributed by atoms with E-state index in [-0.39, 0.29) is 24.1 Å². The van der Waals surface area contributed by atoms with E-state index >= 15 is 0 Å². The number of amides is 1. The molecule has 0 saturated heterocycles. The molecule has 1 aromatic heterocycles. The third-order valence-corrected chi connectivity index (χ3v) is 4.10. The Morgan fingerprint density at radius 3 is 2.81 bits per heavy atom. The Morgan fingerprint density at radius 1 is 1.33 bits per heavy atom. The third-order valence-electron chi connectivity index (χ3n) is 2.99. The smallest absolute Gasteiger partial charge is 0.307 e. The van der Waals surface area contributed by atoms with Gasteiger partial charge in [0.1, 0.15) is 5.82 Å². The molecular formula is C15H16FNO3S. The van der Waals surface area contributed by atoms with Crippen LogP contribution in [0.5, 0.6) is 0 Å². The van der Waals surface area contributed by atoms with Crippen molar-refractivity contribution in [2.24, 2.45) is 0 Å². The summed E-state index contributed by atoms with van der Waals surface area (Å²) in [5.41, 5.74) is 0. The topological polar surface area (TPSA) is 46.6 Å². The molecule has 0 saturated carbocycles. The molecule has 0 aliphatic rings. The zero-order valence-electron chi connectivity index (χ0n) is 11.9. The highest BCUT2D eigenvalue weighted by atomic mass is 32.1. The van der Waals surface area contributed by atoms with Crippen LogP contribution in [0.15, 0.2) is 24.3 Å². The van der Waals surface area contributed by atoms with Crippen molar-refractivity contribution in [3.05, 3.63) is 35.0 Å². The molecule has 0 unspecified atom stereocenters. The molecule has 2 aromatic rings. The Morgan fingerprint density at radius 2 is 2.10 bits per heavy atom. The van der Waals surface area contributed by atoms with E-state index < -0.39 is 0 Å². The first-order valence-electron chi connectivity index (χ1n) is 6.61. The maximum Gasteiger partial charge on any atom is 0.307 e. The number of fused-ring (bicyclic) bond motifs is 1. The van der Waals surface area contributed by atoms with Gasteiger partial charge >= 0.3 is 5.97 Å². The van der Waals surface area contributed by atoms with Gasteiger partial charge in [0.2, 0.25) is 0 Å². The van der Waals surface area contributed by atoms with E-state index in [0.717, 1.165) is 4.70 Å². The van der Waals surface area contributed by atoms with E-state index in [1.165, 1.54) is 28.4 Å². The Labute approximate surface area is 126 Å². The number of carbonyl (C=O) groups is 2. The van der Waals surface area contributed by atoms with Gasteiger partial charge in [-0.25, -0.2) is 4.39 Å². The molecule has 4 nitrogen and oxygen atoms in total. The first-order chi connectivity index (χ1) is 10.0. The van der Waals surface area contributed by atoms with Crippen LogP contribution in [-0.2, 0) is 9.53 Å². The Balaban J connectivity index is 2.05. The van der Waals surface area contributed by atoms with Crippen LogP contribution in [0.3, 0.4) is 0 Å². The molecule has 0 aliphatic heterocycles. The summed E-state index contributed by atoms with van der Waals surface area (Å²) in [4.78, 5) is 25.5. The zero-order valence-corrected chi connectivity index (χ0v) is 12.7. The Bertz CT molecular complexity index is 668. The minimum Gasteiger partial charge on any atom is -0.466 e. The van der Waals surface area contributed by atoms with Gasteiger partial charge in [0.25, 0.3) is 5.91 Å². The molecule has 21 heavy (non-hydrogen) atoms. The maximum atomic E-state index is 13.1. The van der Waals surface area contributed by atoms with Crippen LogP contribution in [0.25, 0.3) is 10.1 Å². The number of hydrogen-bond donors (Lipinski definition) is 0. The lowest BCUT2D eigenvalue weighted by molar-refractivity contribution is -0.143. The lowest BCUT2D eigenvalue weighted by atomic mass is 10.2. The van der Waals surface area contributed by atoms with Crippen LogP contribution in [0.2, 0.25) is 0 Å². The zero-order chi connectivity index (χ0) is 15.4. The molecule has 112 valence electrons. The van der Waals surface area contributed by atoms with E-state index in [2.05, 4.69) is 0 Å². The fraction of sp³-hybridized carbons (Fsp3) is 0.333. The Kier molecular flexibility index (Phi) is 4.90. The number of ether oxygens (including phenoxy) is 1. The fourth-order valence-electron chi connectivity index (χ4n) is 1.90. The molecule has 0 radical (unpaired) electrons. The number of nitrogens with zero attached hydrogens (tertiary/aromatic N) is 1. The van der Waals surface area contributed by atoms with E-state index in [4.69, 9.17) is 4.74 Å². The lowest BCUT2D eigenvalue weighted by Crippen LogP contribution is -2.28. The molecule has 0 fully saturated rings. The van der Waals surface area contributed by atoms with Crippen LogP contribution in [0.1, 0.15) is 23.0 Å².